The molecule has 0 unspecified atom stereocenters. The predicted octanol–water partition coefficient (Wildman–Crippen LogP) is 1.89. The van der Waals surface area contributed by atoms with Crippen LogP contribution in [0.5, 0.6) is 0 Å². The number of amides is 1. The van der Waals surface area contributed by atoms with Crippen molar-refractivity contribution in [3.8, 4) is 0 Å². The summed E-state index contributed by atoms with van der Waals surface area (Å²) in [5.41, 5.74) is 0. The van der Waals surface area contributed by atoms with Crippen molar-refractivity contribution in [2.24, 2.45) is 0 Å². The van der Waals surface area contributed by atoms with Crippen LogP contribution in [0.3, 0.4) is 0 Å². The number of sulfonamides is 1. The Kier molecular flexibility index (Phi) is 7.51. The van der Waals surface area contributed by atoms with Gasteiger partial charge in [-0.2, -0.15) is 0 Å². The maximum Gasteiger partial charge on any atom is 0.221 e. The monoisotopic (exact) mass is 304 g/mol. The van der Waals surface area contributed by atoms with Crippen molar-refractivity contribution in [1.82, 2.24) is 9.62 Å². The molecule has 0 aliphatic heterocycles. The van der Waals surface area contributed by atoms with Gasteiger partial charge < -0.3 is 5.32 Å². The van der Waals surface area contributed by atoms with E-state index in [1.165, 1.54) is 36.2 Å². The number of nitrogens with zero attached hydrogens (tertiary/aromatic N) is 1. The topological polar surface area (TPSA) is 66.5 Å². The van der Waals surface area contributed by atoms with Crippen molar-refractivity contribution in [2.45, 2.75) is 64.3 Å². The third-order valence-electron chi connectivity index (χ3n) is 3.75. The van der Waals surface area contributed by atoms with E-state index in [4.69, 9.17) is 0 Å². The number of rotatable bonds is 7. The second-order valence-electron chi connectivity index (χ2n) is 5.67. The third kappa shape index (κ3) is 6.70. The predicted molar refractivity (Wildman–Crippen MR) is 81.0 cm³/mol. The molecule has 5 nitrogen and oxygen atoms in total. The standard InChI is InChI=1S/C14H28N2O3S/c1-3-11-16(20(2,18)19)12-10-14(17)15-13-8-6-4-5-7-9-13/h13H,3-12H2,1-2H3,(H,15,17). The van der Waals surface area contributed by atoms with Crippen molar-refractivity contribution < 1.29 is 13.2 Å². The van der Waals surface area contributed by atoms with Gasteiger partial charge in [-0.1, -0.05) is 32.6 Å². The van der Waals surface area contributed by atoms with E-state index in [1.54, 1.807) is 0 Å². The number of carbonyl (C=O) groups is 1. The van der Waals surface area contributed by atoms with Crippen LogP contribution in [-0.2, 0) is 14.8 Å². The van der Waals surface area contributed by atoms with Gasteiger partial charge in [0.2, 0.25) is 15.9 Å². The molecule has 0 aromatic carbocycles. The molecular weight excluding hydrogens is 276 g/mol. The summed E-state index contributed by atoms with van der Waals surface area (Å²) in [5, 5.41) is 3.05. The van der Waals surface area contributed by atoms with E-state index in [0.717, 1.165) is 19.3 Å². The fourth-order valence-corrected chi connectivity index (χ4v) is 3.58. The van der Waals surface area contributed by atoms with Crippen molar-refractivity contribution in [3.05, 3.63) is 0 Å². The second-order valence-corrected chi connectivity index (χ2v) is 7.65. The van der Waals surface area contributed by atoms with Crippen molar-refractivity contribution in [2.75, 3.05) is 19.3 Å². The highest BCUT2D eigenvalue weighted by Crippen LogP contribution is 2.17. The highest BCUT2D eigenvalue weighted by Gasteiger charge is 2.18. The Labute approximate surface area is 123 Å². The van der Waals surface area contributed by atoms with Gasteiger partial charge in [-0.05, 0) is 19.3 Å². The average molecular weight is 304 g/mol. The van der Waals surface area contributed by atoms with Gasteiger partial charge >= 0.3 is 0 Å². The van der Waals surface area contributed by atoms with Crippen LogP contribution in [0.25, 0.3) is 0 Å². The van der Waals surface area contributed by atoms with E-state index in [0.29, 0.717) is 6.54 Å². The molecule has 0 bridgehead atoms. The van der Waals surface area contributed by atoms with E-state index in [-0.39, 0.29) is 24.9 Å². The molecule has 1 rings (SSSR count). The van der Waals surface area contributed by atoms with Crippen LogP contribution < -0.4 is 5.32 Å². The van der Waals surface area contributed by atoms with Crippen LogP contribution in [0.2, 0.25) is 0 Å². The number of hydrogen-bond acceptors (Lipinski definition) is 3. The number of nitrogens with one attached hydrogen (secondary N) is 1. The molecule has 0 aromatic rings. The third-order valence-corrected chi connectivity index (χ3v) is 5.05. The average Bonchev–Trinajstić information content (AvgIpc) is 2.61. The summed E-state index contributed by atoms with van der Waals surface area (Å²) in [7, 11) is -3.21. The Morgan fingerprint density at radius 3 is 2.25 bits per heavy atom. The van der Waals surface area contributed by atoms with E-state index in [9.17, 15) is 13.2 Å². The minimum Gasteiger partial charge on any atom is -0.353 e. The highest BCUT2D eigenvalue weighted by molar-refractivity contribution is 7.88. The largest absolute Gasteiger partial charge is 0.353 e. The molecule has 0 atom stereocenters. The SMILES string of the molecule is CCCN(CCC(=O)NC1CCCCCC1)S(C)(=O)=O. The molecule has 1 aliphatic rings. The van der Waals surface area contributed by atoms with E-state index < -0.39 is 10.0 Å². The summed E-state index contributed by atoms with van der Waals surface area (Å²) in [4.78, 5) is 11.9. The van der Waals surface area contributed by atoms with Gasteiger partial charge in [0.05, 0.1) is 6.26 Å². The fraction of sp³-hybridized carbons (Fsp3) is 0.929. The minimum absolute atomic E-state index is 0.0262. The molecule has 1 N–H and O–H groups in total. The van der Waals surface area contributed by atoms with Crippen LogP contribution in [0.4, 0.5) is 0 Å². The summed E-state index contributed by atoms with van der Waals surface area (Å²) >= 11 is 0. The number of hydrogen-bond donors (Lipinski definition) is 1. The van der Waals surface area contributed by atoms with Gasteiger partial charge in [0.1, 0.15) is 0 Å². The first-order chi connectivity index (χ1) is 9.43. The molecule has 0 aromatic heterocycles. The van der Waals surface area contributed by atoms with Crippen LogP contribution in [0, 0.1) is 0 Å². The molecule has 1 aliphatic carbocycles. The maximum atomic E-state index is 11.9. The smallest absolute Gasteiger partial charge is 0.221 e. The Morgan fingerprint density at radius 1 is 1.15 bits per heavy atom. The molecule has 6 heteroatoms. The summed E-state index contributed by atoms with van der Waals surface area (Å²) in [6.07, 6.45) is 9.18. The van der Waals surface area contributed by atoms with Gasteiger partial charge in [-0.3, -0.25) is 4.79 Å². The van der Waals surface area contributed by atoms with E-state index in [1.807, 2.05) is 6.92 Å². The molecule has 1 saturated carbocycles. The molecule has 20 heavy (non-hydrogen) atoms. The van der Waals surface area contributed by atoms with Gasteiger partial charge in [0, 0.05) is 25.6 Å². The van der Waals surface area contributed by atoms with Crippen molar-refractivity contribution in [3.63, 3.8) is 0 Å². The minimum atomic E-state index is -3.21. The Balaban J connectivity index is 2.37. The van der Waals surface area contributed by atoms with Crippen molar-refractivity contribution >= 4 is 15.9 Å². The Bertz CT molecular complexity index is 387. The molecule has 1 amide bonds. The molecule has 0 spiro atoms. The second kappa shape index (κ2) is 8.62. The lowest BCUT2D eigenvalue weighted by atomic mass is 10.1. The lowest BCUT2D eigenvalue weighted by molar-refractivity contribution is -0.122. The lowest BCUT2D eigenvalue weighted by Gasteiger charge is -2.20. The Hall–Kier alpha value is -0.620. The first-order valence-corrected chi connectivity index (χ1v) is 9.52. The fourth-order valence-electron chi connectivity index (χ4n) is 2.64. The number of carbonyl (C=O) groups excluding carboxylic acids is 1. The maximum absolute atomic E-state index is 11.9. The molecular formula is C14H28N2O3S. The zero-order chi connectivity index (χ0) is 15.0. The first-order valence-electron chi connectivity index (χ1n) is 7.68. The van der Waals surface area contributed by atoms with Crippen LogP contribution in [0.15, 0.2) is 0 Å². The molecule has 0 saturated heterocycles. The summed E-state index contributed by atoms with van der Waals surface area (Å²) in [6.45, 7) is 2.70. The van der Waals surface area contributed by atoms with Crippen molar-refractivity contribution in [1.29, 1.82) is 0 Å². The summed E-state index contributed by atoms with van der Waals surface area (Å²) in [6, 6.07) is 0.280. The quantitative estimate of drug-likeness (QED) is 0.730. The highest BCUT2D eigenvalue weighted by atomic mass is 32.2. The molecule has 118 valence electrons. The molecule has 1 fully saturated rings. The van der Waals surface area contributed by atoms with Crippen LogP contribution in [-0.4, -0.2) is 44.0 Å². The van der Waals surface area contributed by atoms with E-state index in [2.05, 4.69) is 5.32 Å². The van der Waals surface area contributed by atoms with Gasteiger partial charge in [-0.25, -0.2) is 12.7 Å². The van der Waals surface area contributed by atoms with Crippen LogP contribution >= 0.6 is 0 Å². The van der Waals surface area contributed by atoms with Crippen LogP contribution in [0.1, 0.15) is 58.3 Å². The summed E-state index contributed by atoms with van der Waals surface area (Å²) in [5.74, 6) is -0.0262. The van der Waals surface area contributed by atoms with Gasteiger partial charge in [0.25, 0.3) is 0 Å². The zero-order valence-electron chi connectivity index (χ0n) is 12.7. The van der Waals surface area contributed by atoms with E-state index >= 15 is 0 Å². The zero-order valence-corrected chi connectivity index (χ0v) is 13.5. The first kappa shape index (κ1) is 17.4. The van der Waals surface area contributed by atoms with Gasteiger partial charge in [0.15, 0.2) is 0 Å². The van der Waals surface area contributed by atoms with Gasteiger partial charge in [-0.15, -0.1) is 0 Å². The lowest BCUT2D eigenvalue weighted by Crippen LogP contribution is -2.38. The molecule has 0 radical (unpaired) electrons. The summed E-state index contributed by atoms with van der Waals surface area (Å²) < 4.78 is 24.5. The normalized spacial score (nSPS) is 17.9. The Morgan fingerprint density at radius 2 is 1.75 bits per heavy atom. The molecule has 0 heterocycles.